The Balaban J connectivity index is 2.48. The first-order chi connectivity index (χ1) is 7.09. The second-order valence-electron chi connectivity index (χ2n) is 3.42. The molecular formula is C11H15NO3. The molecule has 0 bridgehead atoms. The van der Waals surface area contributed by atoms with Crippen LogP contribution in [0.1, 0.15) is 12.7 Å². The van der Waals surface area contributed by atoms with Crippen molar-refractivity contribution in [2.75, 3.05) is 13.6 Å². The largest absolute Gasteiger partial charge is 0.465 e. The van der Waals surface area contributed by atoms with Crippen LogP contribution in [0.5, 0.6) is 0 Å². The van der Waals surface area contributed by atoms with Gasteiger partial charge in [0.1, 0.15) is 5.76 Å². The van der Waals surface area contributed by atoms with Gasteiger partial charge in [-0.15, -0.1) is 0 Å². The summed E-state index contributed by atoms with van der Waals surface area (Å²) in [6.45, 7) is 1.96. The zero-order chi connectivity index (χ0) is 11.3. The van der Waals surface area contributed by atoms with Gasteiger partial charge in [0.15, 0.2) is 0 Å². The predicted octanol–water partition coefficient (Wildman–Crippen LogP) is 1.13. The van der Waals surface area contributed by atoms with Crippen molar-refractivity contribution in [1.82, 2.24) is 4.90 Å². The Morgan fingerprint density at radius 2 is 2.47 bits per heavy atom. The van der Waals surface area contributed by atoms with Crippen molar-refractivity contribution in [2.24, 2.45) is 0 Å². The molecule has 0 fully saturated rings. The van der Waals surface area contributed by atoms with Crippen LogP contribution in [-0.4, -0.2) is 35.6 Å². The fourth-order valence-electron chi connectivity index (χ4n) is 1.15. The molecule has 1 unspecified atom stereocenters. The summed E-state index contributed by atoms with van der Waals surface area (Å²) in [5, 5.41) is 9.09. The molecule has 0 spiro atoms. The van der Waals surface area contributed by atoms with Gasteiger partial charge in [0.2, 0.25) is 5.91 Å². The molecule has 0 aliphatic carbocycles. The first-order valence-corrected chi connectivity index (χ1v) is 4.74. The summed E-state index contributed by atoms with van der Waals surface area (Å²) in [5.74, 6) is 0.473. The molecule has 1 aromatic heterocycles. The lowest BCUT2D eigenvalue weighted by molar-refractivity contribution is -0.125. The Morgan fingerprint density at radius 1 is 1.73 bits per heavy atom. The van der Waals surface area contributed by atoms with E-state index in [-0.39, 0.29) is 5.91 Å². The van der Waals surface area contributed by atoms with E-state index in [1.54, 1.807) is 38.4 Å². The number of furan rings is 1. The molecule has 1 heterocycles. The number of hydrogen-bond acceptors (Lipinski definition) is 3. The van der Waals surface area contributed by atoms with E-state index in [1.807, 2.05) is 0 Å². The van der Waals surface area contributed by atoms with E-state index in [0.717, 1.165) is 0 Å². The van der Waals surface area contributed by atoms with Crippen molar-refractivity contribution in [1.29, 1.82) is 0 Å². The molecule has 1 aromatic rings. The summed E-state index contributed by atoms with van der Waals surface area (Å²) in [6, 6.07) is 3.52. The van der Waals surface area contributed by atoms with Gasteiger partial charge in [-0.1, -0.05) is 0 Å². The Labute approximate surface area is 88.8 Å². The maximum absolute atomic E-state index is 11.5. The number of carbonyl (C=O) groups excluding carboxylic acids is 1. The average molecular weight is 209 g/mol. The Morgan fingerprint density at radius 3 is 3.00 bits per heavy atom. The molecule has 82 valence electrons. The minimum Gasteiger partial charge on any atom is -0.465 e. The second kappa shape index (κ2) is 5.36. The van der Waals surface area contributed by atoms with Crippen LogP contribution >= 0.6 is 0 Å². The molecule has 4 nitrogen and oxygen atoms in total. The third-order valence-corrected chi connectivity index (χ3v) is 1.85. The van der Waals surface area contributed by atoms with Crippen LogP contribution in [0, 0.1) is 0 Å². The van der Waals surface area contributed by atoms with Gasteiger partial charge in [0.25, 0.3) is 0 Å². The van der Waals surface area contributed by atoms with Gasteiger partial charge in [0.05, 0.1) is 12.4 Å². The summed E-state index contributed by atoms with van der Waals surface area (Å²) >= 11 is 0. The van der Waals surface area contributed by atoms with Crippen molar-refractivity contribution in [3.8, 4) is 0 Å². The number of rotatable bonds is 4. The molecule has 15 heavy (non-hydrogen) atoms. The van der Waals surface area contributed by atoms with Crippen molar-refractivity contribution < 1.29 is 14.3 Å². The molecule has 1 amide bonds. The number of amides is 1. The SMILES string of the molecule is CC(O)CN(C)C(=O)C=Cc1ccco1. The number of nitrogens with zero attached hydrogens (tertiary/aromatic N) is 1. The molecule has 0 radical (unpaired) electrons. The third-order valence-electron chi connectivity index (χ3n) is 1.85. The summed E-state index contributed by atoms with van der Waals surface area (Å²) in [6.07, 6.45) is 4.04. The second-order valence-corrected chi connectivity index (χ2v) is 3.42. The van der Waals surface area contributed by atoms with Crippen molar-refractivity contribution in [3.63, 3.8) is 0 Å². The highest BCUT2D eigenvalue weighted by molar-refractivity contribution is 5.91. The highest BCUT2D eigenvalue weighted by Crippen LogP contribution is 2.02. The van der Waals surface area contributed by atoms with Crippen molar-refractivity contribution in [3.05, 3.63) is 30.2 Å². The van der Waals surface area contributed by atoms with Gasteiger partial charge >= 0.3 is 0 Å². The first-order valence-electron chi connectivity index (χ1n) is 4.74. The van der Waals surface area contributed by atoms with Gasteiger partial charge in [0, 0.05) is 19.7 Å². The van der Waals surface area contributed by atoms with Crippen LogP contribution in [0.2, 0.25) is 0 Å². The normalized spacial score (nSPS) is 13.0. The number of likely N-dealkylation sites (N-methyl/N-ethyl adjacent to an activating group) is 1. The average Bonchev–Trinajstić information content (AvgIpc) is 2.65. The summed E-state index contributed by atoms with van der Waals surface area (Å²) in [7, 11) is 1.64. The molecule has 4 heteroatoms. The highest BCUT2D eigenvalue weighted by atomic mass is 16.3. The lowest BCUT2D eigenvalue weighted by Gasteiger charge is -2.16. The number of carbonyl (C=O) groups is 1. The Kier molecular flexibility index (Phi) is 4.12. The van der Waals surface area contributed by atoms with Crippen LogP contribution < -0.4 is 0 Å². The van der Waals surface area contributed by atoms with E-state index in [4.69, 9.17) is 9.52 Å². The molecule has 1 rings (SSSR count). The van der Waals surface area contributed by atoms with E-state index < -0.39 is 6.10 Å². The molecule has 0 aliphatic heterocycles. The molecule has 0 aliphatic rings. The van der Waals surface area contributed by atoms with Crippen LogP contribution in [0.15, 0.2) is 28.9 Å². The summed E-state index contributed by atoms with van der Waals surface area (Å²) in [5.41, 5.74) is 0. The monoisotopic (exact) mass is 209 g/mol. The fourth-order valence-corrected chi connectivity index (χ4v) is 1.15. The predicted molar refractivity (Wildman–Crippen MR) is 57.1 cm³/mol. The highest BCUT2D eigenvalue weighted by Gasteiger charge is 2.07. The molecule has 1 N–H and O–H groups in total. The van der Waals surface area contributed by atoms with E-state index in [9.17, 15) is 4.79 Å². The quantitative estimate of drug-likeness (QED) is 0.756. The molecule has 0 saturated carbocycles. The van der Waals surface area contributed by atoms with Crippen LogP contribution in [0.25, 0.3) is 6.08 Å². The van der Waals surface area contributed by atoms with E-state index in [1.165, 1.54) is 11.0 Å². The molecular weight excluding hydrogens is 194 g/mol. The van der Waals surface area contributed by atoms with Gasteiger partial charge in [-0.25, -0.2) is 0 Å². The number of hydrogen-bond donors (Lipinski definition) is 1. The number of aliphatic hydroxyl groups is 1. The van der Waals surface area contributed by atoms with Crippen LogP contribution in [0.3, 0.4) is 0 Å². The standard InChI is InChI=1S/C11H15NO3/c1-9(13)8-12(2)11(14)6-5-10-4-3-7-15-10/h3-7,9,13H,8H2,1-2H3. The fraction of sp³-hybridized carbons (Fsp3) is 0.364. The van der Waals surface area contributed by atoms with Crippen LogP contribution in [-0.2, 0) is 4.79 Å². The van der Waals surface area contributed by atoms with E-state index in [2.05, 4.69) is 0 Å². The third kappa shape index (κ3) is 3.99. The van der Waals surface area contributed by atoms with Gasteiger partial charge in [-0.3, -0.25) is 4.79 Å². The van der Waals surface area contributed by atoms with Gasteiger partial charge in [-0.05, 0) is 25.1 Å². The lowest BCUT2D eigenvalue weighted by Crippen LogP contribution is -2.31. The maximum atomic E-state index is 11.5. The minimum atomic E-state index is -0.518. The zero-order valence-electron chi connectivity index (χ0n) is 8.88. The van der Waals surface area contributed by atoms with Gasteiger partial charge in [-0.2, -0.15) is 0 Å². The smallest absolute Gasteiger partial charge is 0.246 e. The molecule has 1 atom stereocenters. The maximum Gasteiger partial charge on any atom is 0.246 e. The Hall–Kier alpha value is -1.55. The van der Waals surface area contributed by atoms with Crippen molar-refractivity contribution >= 4 is 12.0 Å². The Bertz CT molecular complexity index is 328. The molecule has 0 aromatic carbocycles. The molecule has 0 saturated heterocycles. The summed E-state index contributed by atoms with van der Waals surface area (Å²) < 4.78 is 5.04. The van der Waals surface area contributed by atoms with Gasteiger partial charge < -0.3 is 14.4 Å². The minimum absolute atomic E-state index is 0.160. The van der Waals surface area contributed by atoms with Crippen molar-refractivity contribution in [2.45, 2.75) is 13.0 Å². The van der Waals surface area contributed by atoms with E-state index >= 15 is 0 Å². The lowest BCUT2D eigenvalue weighted by atomic mass is 10.3. The summed E-state index contributed by atoms with van der Waals surface area (Å²) in [4.78, 5) is 12.9. The zero-order valence-corrected chi connectivity index (χ0v) is 8.88. The topological polar surface area (TPSA) is 53.7 Å². The first kappa shape index (κ1) is 11.5. The van der Waals surface area contributed by atoms with Crippen LogP contribution in [0.4, 0.5) is 0 Å². The number of aliphatic hydroxyl groups excluding tert-OH is 1. The van der Waals surface area contributed by atoms with E-state index in [0.29, 0.717) is 12.3 Å².